The Kier molecular flexibility index (Phi) is 5.92. The zero-order chi connectivity index (χ0) is 21.1. The number of carbonyl (C=O) groups excluding carboxylic acids is 1. The van der Waals surface area contributed by atoms with Crippen molar-refractivity contribution in [2.45, 2.75) is 33.4 Å². The zero-order valence-electron chi connectivity index (χ0n) is 17.4. The number of H-pyrrole nitrogens is 1. The van der Waals surface area contributed by atoms with Crippen molar-refractivity contribution in [3.63, 3.8) is 0 Å². The fraction of sp³-hybridized carbons (Fsp3) is 0.304. The Morgan fingerprint density at radius 2 is 1.72 bits per heavy atom. The lowest BCUT2D eigenvalue weighted by atomic mass is 10.1. The van der Waals surface area contributed by atoms with Crippen LogP contribution in [0.5, 0.6) is 11.5 Å². The maximum Gasteiger partial charge on any atom is 0.254 e. The summed E-state index contributed by atoms with van der Waals surface area (Å²) in [6.45, 7) is 6.01. The van der Waals surface area contributed by atoms with Gasteiger partial charge in [-0.3, -0.25) is 9.59 Å². The van der Waals surface area contributed by atoms with Gasteiger partial charge >= 0.3 is 0 Å². The maximum atomic E-state index is 13.3. The number of aromatic amines is 1. The number of nitrogens with zero attached hydrogens (tertiary/aromatic N) is 1. The molecule has 29 heavy (non-hydrogen) atoms. The molecule has 1 aromatic heterocycles. The second-order valence-corrected chi connectivity index (χ2v) is 7.29. The number of nitrogens with one attached hydrogen (secondary N) is 1. The summed E-state index contributed by atoms with van der Waals surface area (Å²) < 4.78 is 10.6. The smallest absolute Gasteiger partial charge is 0.254 e. The van der Waals surface area contributed by atoms with Crippen molar-refractivity contribution >= 4 is 16.8 Å². The van der Waals surface area contributed by atoms with Crippen LogP contribution < -0.4 is 15.0 Å². The number of benzene rings is 2. The van der Waals surface area contributed by atoms with Gasteiger partial charge in [-0.15, -0.1) is 0 Å². The highest BCUT2D eigenvalue weighted by Gasteiger charge is 2.22. The van der Waals surface area contributed by atoms with Crippen molar-refractivity contribution in [1.29, 1.82) is 0 Å². The molecular formula is C23H26N2O4. The summed E-state index contributed by atoms with van der Waals surface area (Å²) >= 11 is 0. The highest BCUT2D eigenvalue weighted by Crippen LogP contribution is 2.25. The number of amides is 1. The molecule has 1 amide bonds. The number of aryl methyl sites for hydroxylation is 1. The average Bonchev–Trinajstić information content (AvgIpc) is 2.71. The molecule has 1 N–H and O–H groups in total. The van der Waals surface area contributed by atoms with E-state index < -0.39 is 0 Å². The van der Waals surface area contributed by atoms with E-state index in [-0.39, 0.29) is 24.1 Å². The molecule has 3 aromatic rings. The Hall–Kier alpha value is -3.28. The lowest BCUT2D eigenvalue weighted by Gasteiger charge is -2.27. The quantitative estimate of drug-likeness (QED) is 0.688. The minimum Gasteiger partial charge on any atom is -0.497 e. The van der Waals surface area contributed by atoms with E-state index in [1.807, 2.05) is 45.0 Å². The summed E-state index contributed by atoms with van der Waals surface area (Å²) in [7, 11) is 3.08. The van der Waals surface area contributed by atoms with Crippen LogP contribution in [-0.2, 0) is 6.54 Å². The van der Waals surface area contributed by atoms with E-state index in [4.69, 9.17) is 9.47 Å². The van der Waals surface area contributed by atoms with Gasteiger partial charge in [-0.05, 0) is 49.9 Å². The molecule has 0 saturated heterocycles. The van der Waals surface area contributed by atoms with Crippen LogP contribution in [0.15, 0.2) is 47.3 Å². The third-order valence-electron chi connectivity index (χ3n) is 4.99. The first-order valence-electron chi connectivity index (χ1n) is 9.49. The molecule has 0 radical (unpaired) electrons. The van der Waals surface area contributed by atoms with Crippen LogP contribution in [0.1, 0.15) is 35.3 Å². The lowest BCUT2D eigenvalue weighted by molar-refractivity contribution is 0.0689. The molecule has 3 rings (SSSR count). The Morgan fingerprint density at radius 3 is 2.31 bits per heavy atom. The number of fused-ring (bicyclic) bond motifs is 1. The normalized spacial score (nSPS) is 11.0. The van der Waals surface area contributed by atoms with Crippen molar-refractivity contribution < 1.29 is 14.3 Å². The fourth-order valence-electron chi connectivity index (χ4n) is 3.32. The molecule has 0 spiro atoms. The predicted octanol–water partition coefficient (Wildman–Crippen LogP) is 3.90. The first-order chi connectivity index (χ1) is 13.8. The van der Waals surface area contributed by atoms with Gasteiger partial charge in [-0.25, -0.2) is 0 Å². The van der Waals surface area contributed by atoms with E-state index in [0.717, 1.165) is 16.5 Å². The fourth-order valence-corrected chi connectivity index (χ4v) is 3.32. The molecule has 0 fully saturated rings. The third kappa shape index (κ3) is 4.26. The van der Waals surface area contributed by atoms with E-state index in [1.54, 1.807) is 37.3 Å². The second-order valence-electron chi connectivity index (χ2n) is 7.29. The van der Waals surface area contributed by atoms with Gasteiger partial charge in [0.1, 0.15) is 11.5 Å². The van der Waals surface area contributed by atoms with Gasteiger partial charge in [-0.2, -0.15) is 0 Å². The standard InChI is InChI=1S/C23H26N2O4/c1-14(2)25(23(27)17-10-19(28-4)12-20(11-17)29-5)13-18-9-16-8-6-7-15(3)21(16)24-22(18)26/h6-12,14H,13H2,1-5H3,(H,24,26). The Balaban J connectivity index is 1.99. The van der Waals surface area contributed by atoms with Gasteiger partial charge in [0.15, 0.2) is 0 Å². The molecule has 0 bridgehead atoms. The van der Waals surface area contributed by atoms with Crippen molar-refractivity contribution in [1.82, 2.24) is 9.88 Å². The van der Waals surface area contributed by atoms with E-state index in [0.29, 0.717) is 22.6 Å². The molecule has 0 saturated carbocycles. The number of pyridine rings is 1. The Morgan fingerprint density at radius 1 is 1.07 bits per heavy atom. The number of aromatic nitrogens is 1. The maximum absolute atomic E-state index is 13.3. The van der Waals surface area contributed by atoms with Crippen LogP contribution in [0.4, 0.5) is 0 Å². The van der Waals surface area contributed by atoms with E-state index in [2.05, 4.69) is 4.98 Å². The van der Waals surface area contributed by atoms with Crippen LogP contribution in [0.2, 0.25) is 0 Å². The van der Waals surface area contributed by atoms with Crippen LogP contribution in [0, 0.1) is 6.92 Å². The van der Waals surface area contributed by atoms with E-state index in [1.165, 1.54) is 0 Å². The van der Waals surface area contributed by atoms with Crippen molar-refractivity contribution in [3.8, 4) is 11.5 Å². The summed E-state index contributed by atoms with van der Waals surface area (Å²) in [6, 6.07) is 12.7. The topological polar surface area (TPSA) is 71.6 Å². The molecule has 0 atom stereocenters. The summed E-state index contributed by atoms with van der Waals surface area (Å²) in [5, 5.41) is 0.943. The second kappa shape index (κ2) is 8.39. The van der Waals surface area contributed by atoms with E-state index >= 15 is 0 Å². The van der Waals surface area contributed by atoms with Gasteiger partial charge in [0, 0.05) is 23.2 Å². The molecule has 0 aliphatic heterocycles. The van der Waals surface area contributed by atoms with Gasteiger partial charge in [0.2, 0.25) is 0 Å². The molecule has 152 valence electrons. The number of hydrogen-bond acceptors (Lipinski definition) is 4. The minimum absolute atomic E-state index is 0.104. The monoisotopic (exact) mass is 394 g/mol. The minimum atomic E-state index is -0.194. The Labute approximate surface area is 170 Å². The summed E-state index contributed by atoms with van der Waals surface area (Å²) in [6.07, 6.45) is 0. The highest BCUT2D eigenvalue weighted by molar-refractivity contribution is 5.95. The number of ether oxygens (including phenoxy) is 2. The Bertz CT molecular complexity index is 1080. The van der Waals surface area contributed by atoms with E-state index in [9.17, 15) is 9.59 Å². The largest absolute Gasteiger partial charge is 0.497 e. The molecule has 1 heterocycles. The predicted molar refractivity (Wildman–Crippen MR) is 114 cm³/mol. The summed E-state index contributed by atoms with van der Waals surface area (Å²) in [5.74, 6) is 0.881. The number of para-hydroxylation sites is 1. The van der Waals surface area contributed by atoms with Crippen molar-refractivity contribution in [2.24, 2.45) is 0 Å². The summed E-state index contributed by atoms with van der Waals surface area (Å²) in [4.78, 5) is 30.5. The van der Waals surface area contributed by atoms with Gasteiger partial charge in [-0.1, -0.05) is 18.2 Å². The third-order valence-corrected chi connectivity index (χ3v) is 4.99. The summed E-state index contributed by atoms with van der Waals surface area (Å²) in [5.41, 5.74) is 2.63. The van der Waals surface area contributed by atoms with Crippen molar-refractivity contribution in [3.05, 3.63) is 69.5 Å². The molecule has 6 heteroatoms. The number of rotatable bonds is 6. The molecule has 0 aliphatic carbocycles. The average molecular weight is 394 g/mol. The van der Waals surface area contributed by atoms with Crippen LogP contribution >= 0.6 is 0 Å². The lowest BCUT2D eigenvalue weighted by Crippen LogP contribution is -2.38. The van der Waals surface area contributed by atoms with Gasteiger partial charge < -0.3 is 19.4 Å². The zero-order valence-corrected chi connectivity index (χ0v) is 17.4. The molecule has 6 nitrogen and oxygen atoms in total. The van der Waals surface area contributed by atoms with Gasteiger partial charge in [0.05, 0.1) is 26.3 Å². The SMILES string of the molecule is COc1cc(OC)cc(C(=O)N(Cc2cc3cccc(C)c3[nH]c2=O)C(C)C)c1. The molecule has 0 aliphatic rings. The van der Waals surface area contributed by atoms with Gasteiger partial charge in [0.25, 0.3) is 11.5 Å². The first kappa shape index (κ1) is 20.5. The van der Waals surface area contributed by atoms with Crippen molar-refractivity contribution in [2.75, 3.05) is 14.2 Å². The number of methoxy groups -OCH3 is 2. The number of hydrogen-bond donors (Lipinski definition) is 1. The highest BCUT2D eigenvalue weighted by atomic mass is 16.5. The number of carbonyl (C=O) groups is 1. The molecular weight excluding hydrogens is 368 g/mol. The molecule has 2 aromatic carbocycles. The van der Waals surface area contributed by atoms with Crippen LogP contribution in [-0.4, -0.2) is 36.1 Å². The first-order valence-corrected chi connectivity index (χ1v) is 9.49. The van der Waals surface area contributed by atoms with Crippen LogP contribution in [0.3, 0.4) is 0 Å². The molecule has 0 unspecified atom stereocenters. The van der Waals surface area contributed by atoms with Crippen LogP contribution in [0.25, 0.3) is 10.9 Å².